The van der Waals surface area contributed by atoms with Crippen LogP contribution in [0.1, 0.15) is 27.0 Å². The van der Waals surface area contributed by atoms with Gasteiger partial charge in [-0.3, -0.25) is 0 Å². The van der Waals surface area contributed by atoms with Crippen molar-refractivity contribution in [3.8, 4) is 11.1 Å². The Bertz CT molecular complexity index is 607. The molecule has 2 rings (SSSR count). The van der Waals surface area contributed by atoms with Crippen molar-refractivity contribution >= 4 is 5.97 Å². The normalized spacial score (nSPS) is 10.3. The molecule has 0 aliphatic heterocycles. The predicted octanol–water partition coefficient (Wildman–Crippen LogP) is 4.07. The van der Waals surface area contributed by atoms with Crippen LogP contribution in [-0.2, 0) is 4.74 Å². The molecule has 0 aliphatic carbocycles. The number of carbonyl (C=O) groups excluding carboxylic acids is 1. The largest absolute Gasteiger partial charge is 0.465 e. The van der Waals surface area contributed by atoms with Crippen LogP contribution in [0.4, 0.5) is 0 Å². The van der Waals surface area contributed by atoms with E-state index in [9.17, 15) is 4.79 Å². The monoisotopic (exact) mass is 254 g/mol. The summed E-state index contributed by atoms with van der Waals surface area (Å²) in [6, 6.07) is 12.1. The van der Waals surface area contributed by atoms with Crippen LogP contribution in [0, 0.1) is 20.8 Å². The lowest BCUT2D eigenvalue weighted by atomic mass is 9.94. The maximum absolute atomic E-state index is 11.7. The average molecular weight is 254 g/mol. The van der Waals surface area contributed by atoms with Gasteiger partial charge in [-0.1, -0.05) is 41.5 Å². The molecular weight excluding hydrogens is 236 g/mol. The van der Waals surface area contributed by atoms with Gasteiger partial charge in [0.1, 0.15) is 0 Å². The van der Waals surface area contributed by atoms with E-state index in [1.807, 2.05) is 19.1 Å². The van der Waals surface area contributed by atoms with Crippen LogP contribution in [-0.4, -0.2) is 13.1 Å². The smallest absolute Gasteiger partial charge is 0.338 e. The predicted molar refractivity (Wildman–Crippen MR) is 77.4 cm³/mol. The Morgan fingerprint density at radius 3 is 2.21 bits per heavy atom. The van der Waals surface area contributed by atoms with E-state index in [2.05, 4.69) is 32.0 Å². The first-order valence-electron chi connectivity index (χ1n) is 6.29. The number of ether oxygens (including phenoxy) is 1. The van der Waals surface area contributed by atoms with Gasteiger partial charge in [-0.25, -0.2) is 4.79 Å². The molecule has 2 aromatic carbocycles. The number of aryl methyl sites for hydroxylation is 2. The van der Waals surface area contributed by atoms with E-state index in [0.29, 0.717) is 5.56 Å². The van der Waals surface area contributed by atoms with Crippen molar-refractivity contribution in [2.45, 2.75) is 20.8 Å². The lowest BCUT2D eigenvalue weighted by Crippen LogP contribution is -2.04. The molecule has 0 unspecified atom stereocenters. The number of methoxy groups -OCH3 is 1. The standard InChI is InChI=1S/C17H18O2/c1-11-8-12(2)10-14(9-11)15-6-5-7-16(13(15)3)17(18)19-4/h5-10H,1-4H3. The molecule has 0 bridgehead atoms. The molecule has 98 valence electrons. The third-order valence-electron chi connectivity index (χ3n) is 3.27. The molecule has 2 heteroatoms. The maximum atomic E-state index is 11.7. The minimum absolute atomic E-state index is 0.288. The Kier molecular flexibility index (Phi) is 3.70. The number of benzene rings is 2. The molecule has 0 amide bonds. The minimum atomic E-state index is -0.288. The zero-order chi connectivity index (χ0) is 14.0. The lowest BCUT2D eigenvalue weighted by Gasteiger charge is -2.11. The minimum Gasteiger partial charge on any atom is -0.465 e. The first kappa shape index (κ1) is 13.3. The van der Waals surface area contributed by atoms with Crippen LogP contribution >= 0.6 is 0 Å². The maximum Gasteiger partial charge on any atom is 0.338 e. The molecule has 0 spiro atoms. The van der Waals surface area contributed by atoms with Gasteiger partial charge in [0, 0.05) is 0 Å². The van der Waals surface area contributed by atoms with E-state index in [1.165, 1.54) is 18.2 Å². The van der Waals surface area contributed by atoms with Crippen molar-refractivity contribution in [3.05, 3.63) is 58.7 Å². The molecule has 0 radical (unpaired) electrons. The summed E-state index contributed by atoms with van der Waals surface area (Å²) in [7, 11) is 1.41. The first-order chi connectivity index (χ1) is 9.02. The van der Waals surface area contributed by atoms with Crippen molar-refractivity contribution in [1.82, 2.24) is 0 Å². The summed E-state index contributed by atoms with van der Waals surface area (Å²) in [6.07, 6.45) is 0. The summed E-state index contributed by atoms with van der Waals surface area (Å²) in [6.45, 7) is 6.12. The molecule has 0 saturated heterocycles. The highest BCUT2D eigenvalue weighted by Crippen LogP contribution is 2.27. The fourth-order valence-electron chi connectivity index (χ4n) is 2.41. The number of hydrogen-bond acceptors (Lipinski definition) is 2. The fraction of sp³-hybridized carbons (Fsp3) is 0.235. The van der Waals surface area contributed by atoms with E-state index in [-0.39, 0.29) is 5.97 Å². The molecule has 2 aromatic rings. The second kappa shape index (κ2) is 5.27. The van der Waals surface area contributed by atoms with Gasteiger partial charge in [0.15, 0.2) is 0 Å². The SMILES string of the molecule is COC(=O)c1cccc(-c2cc(C)cc(C)c2)c1C. The summed E-state index contributed by atoms with van der Waals surface area (Å²) in [5.41, 5.74) is 6.24. The van der Waals surface area contributed by atoms with Gasteiger partial charge >= 0.3 is 5.97 Å². The van der Waals surface area contributed by atoms with Crippen molar-refractivity contribution in [2.24, 2.45) is 0 Å². The van der Waals surface area contributed by atoms with Gasteiger partial charge < -0.3 is 4.74 Å². The highest BCUT2D eigenvalue weighted by atomic mass is 16.5. The number of carbonyl (C=O) groups is 1. The van der Waals surface area contributed by atoms with Crippen molar-refractivity contribution < 1.29 is 9.53 Å². The zero-order valence-corrected chi connectivity index (χ0v) is 11.8. The van der Waals surface area contributed by atoms with E-state index in [4.69, 9.17) is 4.74 Å². The summed E-state index contributed by atoms with van der Waals surface area (Å²) in [5, 5.41) is 0. The zero-order valence-electron chi connectivity index (χ0n) is 11.8. The van der Waals surface area contributed by atoms with Crippen LogP contribution in [0.2, 0.25) is 0 Å². The molecule has 0 aliphatic rings. The highest BCUT2D eigenvalue weighted by molar-refractivity contribution is 5.93. The van der Waals surface area contributed by atoms with Gasteiger partial charge in [-0.2, -0.15) is 0 Å². The van der Waals surface area contributed by atoms with E-state index < -0.39 is 0 Å². The fourth-order valence-corrected chi connectivity index (χ4v) is 2.41. The second-order valence-corrected chi connectivity index (χ2v) is 4.85. The Morgan fingerprint density at radius 1 is 1.00 bits per heavy atom. The van der Waals surface area contributed by atoms with Crippen LogP contribution in [0.15, 0.2) is 36.4 Å². The Morgan fingerprint density at radius 2 is 1.63 bits per heavy atom. The van der Waals surface area contributed by atoms with Gasteiger partial charge in [-0.15, -0.1) is 0 Å². The molecular formula is C17H18O2. The molecule has 0 saturated carbocycles. The number of esters is 1. The molecule has 0 fully saturated rings. The molecule has 0 N–H and O–H groups in total. The Hall–Kier alpha value is -2.09. The summed E-state index contributed by atoms with van der Waals surface area (Å²) < 4.78 is 4.82. The van der Waals surface area contributed by atoms with Crippen molar-refractivity contribution in [3.63, 3.8) is 0 Å². The van der Waals surface area contributed by atoms with Crippen LogP contribution < -0.4 is 0 Å². The topological polar surface area (TPSA) is 26.3 Å². The van der Waals surface area contributed by atoms with Crippen LogP contribution in [0.25, 0.3) is 11.1 Å². The van der Waals surface area contributed by atoms with E-state index in [1.54, 1.807) is 6.07 Å². The van der Waals surface area contributed by atoms with Gasteiger partial charge in [0.25, 0.3) is 0 Å². The average Bonchev–Trinajstić information content (AvgIpc) is 2.37. The van der Waals surface area contributed by atoms with Gasteiger partial charge in [0.2, 0.25) is 0 Å². The molecule has 0 heterocycles. The number of rotatable bonds is 2. The van der Waals surface area contributed by atoms with Crippen molar-refractivity contribution in [1.29, 1.82) is 0 Å². The van der Waals surface area contributed by atoms with Crippen LogP contribution in [0.5, 0.6) is 0 Å². The quantitative estimate of drug-likeness (QED) is 0.755. The molecule has 0 aromatic heterocycles. The summed E-state index contributed by atoms with van der Waals surface area (Å²) in [4.78, 5) is 11.7. The highest BCUT2D eigenvalue weighted by Gasteiger charge is 2.12. The van der Waals surface area contributed by atoms with Crippen molar-refractivity contribution in [2.75, 3.05) is 7.11 Å². The molecule has 0 atom stereocenters. The Balaban J connectivity index is 2.60. The van der Waals surface area contributed by atoms with E-state index in [0.717, 1.165) is 16.7 Å². The molecule has 19 heavy (non-hydrogen) atoms. The third kappa shape index (κ3) is 2.68. The van der Waals surface area contributed by atoms with Crippen LogP contribution in [0.3, 0.4) is 0 Å². The first-order valence-corrected chi connectivity index (χ1v) is 6.29. The number of hydrogen-bond donors (Lipinski definition) is 0. The van der Waals surface area contributed by atoms with Gasteiger partial charge in [0.05, 0.1) is 12.7 Å². The summed E-state index contributed by atoms with van der Waals surface area (Å²) >= 11 is 0. The lowest BCUT2D eigenvalue weighted by molar-refractivity contribution is 0.0600. The second-order valence-electron chi connectivity index (χ2n) is 4.85. The van der Waals surface area contributed by atoms with Gasteiger partial charge in [-0.05, 0) is 43.5 Å². The molecule has 2 nitrogen and oxygen atoms in total. The summed E-state index contributed by atoms with van der Waals surface area (Å²) in [5.74, 6) is -0.288. The van der Waals surface area contributed by atoms with E-state index >= 15 is 0 Å². The Labute approximate surface area is 114 Å². The third-order valence-corrected chi connectivity index (χ3v) is 3.27.